The van der Waals surface area contributed by atoms with Crippen LogP contribution in [0.2, 0.25) is 0 Å². The van der Waals surface area contributed by atoms with Crippen molar-refractivity contribution in [1.29, 1.82) is 0 Å². The minimum absolute atomic E-state index is 0.139. The molecule has 0 amide bonds. The van der Waals surface area contributed by atoms with Crippen molar-refractivity contribution >= 4 is 0 Å². The summed E-state index contributed by atoms with van der Waals surface area (Å²) in [5.74, 6) is 0.514. The topological polar surface area (TPSA) is 35.2 Å². The summed E-state index contributed by atoms with van der Waals surface area (Å²) in [6.07, 6.45) is 0.213. The van der Waals surface area contributed by atoms with Gasteiger partial charge in [0.2, 0.25) is 0 Å². The molecule has 0 aromatic carbocycles. The smallest absolute Gasteiger partial charge is 0.0745 e. The van der Waals surface area contributed by atoms with Crippen LogP contribution in [0, 0.1) is 5.92 Å². The second-order valence-electron chi connectivity index (χ2n) is 3.02. The highest BCUT2D eigenvalue weighted by Gasteiger charge is 2.16. The van der Waals surface area contributed by atoms with Gasteiger partial charge in [0.25, 0.3) is 0 Å². The average Bonchev–Trinajstić information content (AvgIpc) is 1.81. The molecule has 0 aliphatic carbocycles. The Morgan fingerprint density at radius 2 is 1.80 bits per heavy atom. The third-order valence-electron chi connectivity index (χ3n) is 1.53. The van der Waals surface area contributed by atoms with Gasteiger partial charge in [-0.1, -0.05) is 13.8 Å². The van der Waals surface area contributed by atoms with Gasteiger partial charge in [0.1, 0.15) is 0 Å². The highest BCUT2D eigenvalue weighted by molar-refractivity contribution is 4.71. The van der Waals surface area contributed by atoms with Crippen LogP contribution < -0.4 is 5.73 Å². The van der Waals surface area contributed by atoms with Crippen molar-refractivity contribution in [2.45, 2.75) is 39.8 Å². The van der Waals surface area contributed by atoms with Gasteiger partial charge in [-0.15, -0.1) is 0 Å². The fraction of sp³-hybridized carbons (Fsp3) is 1.00. The molecule has 0 radical (unpaired) electrons. The van der Waals surface area contributed by atoms with Crippen LogP contribution in [0.25, 0.3) is 0 Å². The Bertz CT molecular complexity index is 73.3. The fourth-order valence-electron chi connectivity index (χ4n) is 1.14. The van der Waals surface area contributed by atoms with Crippen molar-refractivity contribution in [2.75, 3.05) is 6.61 Å². The molecule has 0 spiro atoms. The SMILES string of the molecule is CCOC(C(C)C)[C@@H](C)N. The van der Waals surface area contributed by atoms with E-state index < -0.39 is 0 Å². The summed E-state index contributed by atoms with van der Waals surface area (Å²) in [6, 6.07) is 0.139. The van der Waals surface area contributed by atoms with Gasteiger partial charge in [-0.25, -0.2) is 0 Å². The standard InChI is InChI=1S/C8H19NO/c1-5-10-8(6(2)3)7(4)9/h6-8H,5,9H2,1-4H3/t7-,8?/m1/s1. The highest BCUT2D eigenvalue weighted by atomic mass is 16.5. The molecule has 0 aliphatic rings. The number of rotatable bonds is 4. The van der Waals surface area contributed by atoms with Gasteiger partial charge in [0, 0.05) is 12.6 Å². The molecule has 0 aromatic rings. The number of ether oxygens (including phenoxy) is 1. The summed E-state index contributed by atoms with van der Waals surface area (Å²) in [4.78, 5) is 0. The minimum Gasteiger partial charge on any atom is -0.377 e. The van der Waals surface area contributed by atoms with Crippen molar-refractivity contribution in [3.63, 3.8) is 0 Å². The van der Waals surface area contributed by atoms with Crippen LogP contribution in [-0.4, -0.2) is 18.8 Å². The molecule has 0 rings (SSSR count). The van der Waals surface area contributed by atoms with Crippen LogP contribution in [0.3, 0.4) is 0 Å². The molecule has 2 atom stereocenters. The third kappa shape index (κ3) is 3.18. The number of hydrogen-bond acceptors (Lipinski definition) is 2. The van der Waals surface area contributed by atoms with Gasteiger partial charge in [-0.2, -0.15) is 0 Å². The number of nitrogens with two attached hydrogens (primary N) is 1. The molecular weight excluding hydrogens is 126 g/mol. The molecule has 0 aliphatic heterocycles. The first-order valence-corrected chi connectivity index (χ1v) is 3.96. The predicted octanol–water partition coefficient (Wildman–Crippen LogP) is 1.39. The van der Waals surface area contributed by atoms with Crippen LogP contribution in [0.1, 0.15) is 27.7 Å². The quantitative estimate of drug-likeness (QED) is 0.649. The van der Waals surface area contributed by atoms with Crippen molar-refractivity contribution < 1.29 is 4.74 Å². The molecule has 62 valence electrons. The van der Waals surface area contributed by atoms with Crippen molar-refractivity contribution in [1.82, 2.24) is 0 Å². The van der Waals surface area contributed by atoms with Gasteiger partial charge in [0.05, 0.1) is 6.10 Å². The molecule has 1 unspecified atom stereocenters. The molecule has 0 saturated heterocycles. The molecule has 0 heterocycles. The molecule has 0 fully saturated rings. The Labute approximate surface area is 63.7 Å². The van der Waals surface area contributed by atoms with E-state index in [2.05, 4.69) is 13.8 Å². The molecular formula is C8H19NO. The lowest BCUT2D eigenvalue weighted by Gasteiger charge is -2.24. The van der Waals surface area contributed by atoms with E-state index in [-0.39, 0.29) is 12.1 Å². The largest absolute Gasteiger partial charge is 0.377 e. The van der Waals surface area contributed by atoms with Crippen LogP contribution >= 0.6 is 0 Å². The summed E-state index contributed by atoms with van der Waals surface area (Å²) in [5, 5.41) is 0. The second-order valence-corrected chi connectivity index (χ2v) is 3.02. The van der Waals surface area contributed by atoms with Crippen molar-refractivity contribution in [3.05, 3.63) is 0 Å². The summed E-state index contributed by atoms with van der Waals surface area (Å²) in [5.41, 5.74) is 5.70. The first kappa shape index (κ1) is 9.92. The molecule has 0 saturated carbocycles. The van der Waals surface area contributed by atoms with Crippen LogP contribution in [0.5, 0.6) is 0 Å². The summed E-state index contributed by atoms with van der Waals surface area (Å²) < 4.78 is 5.44. The Hall–Kier alpha value is -0.0800. The van der Waals surface area contributed by atoms with E-state index in [0.29, 0.717) is 5.92 Å². The first-order valence-electron chi connectivity index (χ1n) is 3.96. The van der Waals surface area contributed by atoms with Gasteiger partial charge in [-0.05, 0) is 19.8 Å². The summed E-state index contributed by atoms with van der Waals surface area (Å²) in [7, 11) is 0. The van der Waals surface area contributed by atoms with Crippen molar-refractivity contribution in [2.24, 2.45) is 11.7 Å². The number of hydrogen-bond donors (Lipinski definition) is 1. The molecule has 0 aromatic heterocycles. The molecule has 2 N–H and O–H groups in total. The van der Waals surface area contributed by atoms with Crippen LogP contribution in [0.15, 0.2) is 0 Å². The lowest BCUT2D eigenvalue weighted by atomic mass is 10.0. The fourth-order valence-corrected chi connectivity index (χ4v) is 1.14. The van der Waals surface area contributed by atoms with E-state index in [1.54, 1.807) is 0 Å². The van der Waals surface area contributed by atoms with Gasteiger partial charge < -0.3 is 10.5 Å². The Morgan fingerprint density at radius 3 is 1.90 bits per heavy atom. The van der Waals surface area contributed by atoms with Gasteiger partial charge >= 0.3 is 0 Å². The highest BCUT2D eigenvalue weighted by Crippen LogP contribution is 2.08. The zero-order chi connectivity index (χ0) is 8.15. The Balaban J connectivity index is 3.73. The Kier molecular flexibility index (Phi) is 4.65. The maximum Gasteiger partial charge on any atom is 0.0745 e. The zero-order valence-corrected chi connectivity index (χ0v) is 7.42. The maximum atomic E-state index is 5.70. The molecule has 2 nitrogen and oxygen atoms in total. The first-order chi connectivity index (χ1) is 4.59. The van der Waals surface area contributed by atoms with Crippen molar-refractivity contribution in [3.8, 4) is 0 Å². The van der Waals surface area contributed by atoms with E-state index in [0.717, 1.165) is 6.61 Å². The zero-order valence-electron chi connectivity index (χ0n) is 7.42. The third-order valence-corrected chi connectivity index (χ3v) is 1.53. The minimum atomic E-state index is 0.139. The van der Waals surface area contributed by atoms with E-state index in [1.165, 1.54) is 0 Å². The lowest BCUT2D eigenvalue weighted by molar-refractivity contribution is 0.0166. The maximum absolute atomic E-state index is 5.70. The van der Waals surface area contributed by atoms with E-state index in [9.17, 15) is 0 Å². The second kappa shape index (κ2) is 4.69. The van der Waals surface area contributed by atoms with Crippen LogP contribution in [-0.2, 0) is 4.74 Å². The Morgan fingerprint density at radius 1 is 1.30 bits per heavy atom. The molecule has 0 bridgehead atoms. The average molecular weight is 145 g/mol. The van der Waals surface area contributed by atoms with E-state index in [4.69, 9.17) is 10.5 Å². The normalized spacial score (nSPS) is 17.4. The van der Waals surface area contributed by atoms with Gasteiger partial charge in [-0.3, -0.25) is 0 Å². The van der Waals surface area contributed by atoms with E-state index in [1.807, 2.05) is 13.8 Å². The summed E-state index contributed by atoms with van der Waals surface area (Å²) in [6.45, 7) is 9.00. The van der Waals surface area contributed by atoms with Gasteiger partial charge in [0.15, 0.2) is 0 Å². The predicted molar refractivity (Wildman–Crippen MR) is 43.9 cm³/mol. The molecule has 2 heteroatoms. The summed E-state index contributed by atoms with van der Waals surface area (Å²) >= 11 is 0. The lowest BCUT2D eigenvalue weighted by Crippen LogP contribution is -2.37. The molecule has 10 heavy (non-hydrogen) atoms. The monoisotopic (exact) mass is 145 g/mol. The van der Waals surface area contributed by atoms with Crippen LogP contribution in [0.4, 0.5) is 0 Å². The van der Waals surface area contributed by atoms with E-state index >= 15 is 0 Å².